The van der Waals surface area contributed by atoms with E-state index in [1.807, 2.05) is 12.3 Å². The molecule has 0 bridgehead atoms. The number of hydrogen-bond donors (Lipinski definition) is 1. The Kier molecular flexibility index (Phi) is 13.0. The highest BCUT2D eigenvalue weighted by Crippen LogP contribution is 2.37. The molecule has 0 amide bonds. The van der Waals surface area contributed by atoms with Crippen molar-refractivity contribution in [2.75, 3.05) is 38.5 Å². The number of unbranched alkanes of at least 4 members (excludes halogenated alkanes) is 2. The van der Waals surface area contributed by atoms with Gasteiger partial charge < -0.3 is 19.3 Å². The average molecular weight is 568 g/mol. The van der Waals surface area contributed by atoms with E-state index in [-0.39, 0.29) is 30.1 Å². The molecule has 6 nitrogen and oxygen atoms in total. The van der Waals surface area contributed by atoms with Crippen molar-refractivity contribution >= 4 is 17.7 Å². The van der Waals surface area contributed by atoms with E-state index in [4.69, 9.17) is 14.2 Å². The quantitative estimate of drug-likeness (QED) is 0.121. The van der Waals surface area contributed by atoms with E-state index in [0.29, 0.717) is 25.4 Å². The number of allylic oxidation sites excluding steroid dienone is 2. The Balaban J connectivity index is 1.28. The molecule has 1 N–H and O–H groups in total. The molecule has 1 heterocycles. The van der Waals surface area contributed by atoms with Crippen LogP contribution in [0.15, 0.2) is 66.7 Å². The predicted octanol–water partition coefficient (Wildman–Crippen LogP) is 6.08. The van der Waals surface area contributed by atoms with Crippen molar-refractivity contribution in [2.45, 2.75) is 69.8 Å². The Morgan fingerprint density at radius 2 is 1.75 bits per heavy atom. The van der Waals surface area contributed by atoms with Gasteiger partial charge in [-0.1, -0.05) is 66.7 Å². The Morgan fingerprint density at radius 1 is 1.02 bits per heavy atom. The number of nitrogens with zero attached hydrogens (tertiary/aromatic N) is 1. The first kappa shape index (κ1) is 30.8. The maximum absolute atomic E-state index is 11.6. The summed E-state index contributed by atoms with van der Waals surface area (Å²) < 4.78 is 17.2. The maximum atomic E-state index is 11.6. The van der Waals surface area contributed by atoms with Crippen molar-refractivity contribution in [3.63, 3.8) is 0 Å². The van der Waals surface area contributed by atoms with Gasteiger partial charge in [0.25, 0.3) is 0 Å². The first-order chi connectivity index (χ1) is 19.7. The third-order valence-electron chi connectivity index (χ3n) is 7.95. The minimum atomic E-state index is -0.386. The van der Waals surface area contributed by atoms with Crippen LogP contribution < -0.4 is 0 Å². The van der Waals surface area contributed by atoms with Crippen LogP contribution in [-0.2, 0) is 25.6 Å². The zero-order valence-corrected chi connectivity index (χ0v) is 24.6. The van der Waals surface area contributed by atoms with E-state index in [2.05, 4.69) is 65.6 Å². The molecule has 4 rings (SSSR count). The highest BCUT2D eigenvalue weighted by atomic mass is 32.2. The fourth-order valence-electron chi connectivity index (χ4n) is 5.88. The lowest BCUT2D eigenvalue weighted by Crippen LogP contribution is -2.50. The van der Waals surface area contributed by atoms with Gasteiger partial charge in [0, 0.05) is 37.9 Å². The van der Waals surface area contributed by atoms with E-state index in [9.17, 15) is 9.90 Å². The molecule has 2 aromatic carbocycles. The van der Waals surface area contributed by atoms with Gasteiger partial charge in [-0.05, 0) is 55.1 Å². The summed E-state index contributed by atoms with van der Waals surface area (Å²) in [4.78, 5) is 14.0. The number of carbonyl (C=O) groups excluding carboxylic acids is 1. The van der Waals surface area contributed by atoms with Crippen LogP contribution in [0.2, 0.25) is 0 Å². The number of esters is 1. The number of rotatable bonds is 15. The van der Waals surface area contributed by atoms with Crippen LogP contribution in [0.5, 0.6) is 0 Å². The van der Waals surface area contributed by atoms with Gasteiger partial charge in [0.05, 0.1) is 32.0 Å². The van der Waals surface area contributed by atoms with Gasteiger partial charge in [-0.15, -0.1) is 11.8 Å². The zero-order chi connectivity index (χ0) is 28.0. The third-order valence-corrected chi connectivity index (χ3v) is 8.30. The van der Waals surface area contributed by atoms with E-state index in [1.54, 1.807) is 0 Å². The second-order valence-corrected chi connectivity index (χ2v) is 11.5. The first-order valence-electron chi connectivity index (χ1n) is 14.7. The zero-order valence-electron chi connectivity index (χ0n) is 23.8. The molecule has 2 aromatic rings. The fraction of sp³-hybridized carbons (Fsp3) is 0.545. The lowest BCUT2D eigenvalue weighted by atomic mass is 9.93. The van der Waals surface area contributed by atoms with E-state index in [1.165, 1.54) is 22.9 Å². The summed E-state index contributed by atoms with van der Waals surface area (Å²) in [6, 6.07) is 19.1. The normalized spacial score (nSPS) is 23.6. The van der Waals surface area contributed by atoms with Gasteiger partial charge in [0.1, 0.15) is 5.94 Å². The van der Waals surface area contributed by atoms with Crippen LogP contribution in [0, 0.1) is 5.92 Å². The molecule has 0 aromatic heterocycles. The van der Waals surface area contributed by atoms with Crippen molar-refractivity contribution in [3.8, 4) is 11.1 Å². The van der Waals surface area contributed by atoms with Gasteiger partial charge in [-0.2, -0.15) is 0 Å². The molecule has 0 spiro atoms. The van der Waals surface area contributed by atoms with E-state index in [0.717, 1.165) is 64.0 Å². The molecule has 7 heteroatoms. The van der Waals surface area contributed by atoms with E-state index >= 15 is 0 Å². The van der Waals surface area contributed by atoms with Gasteiger partial charge >= 0.3 is 5.97 Å². The third kappa shape index (κ3) is 9.45. The van der Waals surface area contributed by atoms with E-state index < -0.39 is 0 Å². The molecule has 218 valence electrons. The van der Waals surface area contributed by atoms with Crippen LogP contribution in [-0.4, -0.2) is 72.7 Å². The van der Waals surface area contributed by atoms with Crippen molar-refractivity contribution in [1.82, 2.24) is 4.90 Å². The highest BCUT2D eigenvalue weighted by molar-refractivity contribution is 7.98. The number of carbonyl (C=O) groups is 1. The number of hydrogen-bond acceptors (Lipinski definition) is 7. The molecular formula is C33H45NO5S. The molecular weight excluding hydrogens is 522 g/mol. The molecule has 40 heavy (non-hydrogen) atoms. The molecule has 0 radical (unpaired) electrons. The summed E-state index contributed by atoms with van der Waals surface area (Å²) in [6.07, 6.45) is 12.0. The van der Waals surface area contributed by atoms with Gasteiger partial charge in [-0.3, -0.25) is 9.69 Å². The summed E-state index contributed by atoms with van der Waals surface area (Å²) in [6.45, 7) is 3.72. The predicted molar refractivity (Wildman–Crippen MR) is 162 cm³/mol. The number of aliphatic hydroxyl groups excluding tert-OH is 1. The van der Waals surface area contributed by atoms with Gasteiger partial charge in [0.2, 0.25) is 0 Å². The first-order valence-corrected chi connectivity index (χ1v) is 16.1. The average Bonchev–Trinajstić information content (AvgIpc) is 3.31. The van der Waals surface area contributed by atoms with Gasteiger partial charge in [0.15, 0.2) is 0 Å². The highest BCUT2D eigenvalue weighted by Gasteiger charge is 2.45. The van der Waals surface area contributed by atoms with Crippen LogP contribution in [0.3, 0.4) is 0 Å². The van der Waals surface area contributed by atoms with Crippen molar-refractivity contribution < 1.29 is 24.1 Å². The van der Waals surface area contributed by atoms with Gasteiger partial charge in [-0.25, -0.2) is 0 Å². The number of benzene rings is 2. The number of aliphatic hydroxyl groups is 1. The fourth-order valence-corrected chi connectivity index (χ4v) is 6.12. The maximum Gasteiger partial charge on any atom is 0.306 e. The molecule has 1 aliphatic heterocycles. The Morgan fingerprint density at radius 3 is 2.50 bits per heavy atom. The Labute approximate surface area is 244 Å². The van der Waals surface area contributed by atoms with Crippen LogP contribution in [0.25, 0.3) is 11.1 Å². The topological polar surface area (TPSA) is 68.2 Å². The number of ether oxygens (including phenoxy) is 3. The van der Waals surface area contributed by atoms with Crippen LogP contribution >= 0.6 is 11.8 Å². The van der Waals surface area contributed by atoms with Crippen LogP contribution in [0.4, 0.5) is 0 Å². The van der Waals surface area contributed by atoms with Crippen LogP contribution in [0.1, 0.15) is 50.5 Å². The molecule has 1 saturated carbocycles. The lowest BCUT2D eigenvalue weighted by molar-refractivity contribution is -0.141. The van der Waals surface area contributed by atoms with Crippen molar-refractivity contribution in [1.29, 1.82) is 0 Å². The molecule has 2 fully saturated rings. The van der Waals surface area contributed by atoms with Crippen molar-refractivity contribution in [2.24, 2.45) is 5.92 Å². The summed E-state index contributed by atoms with van der Waals surface area (Å²) in [5.41, 5.74) is 3.57. The minimum absolute atomic E-state index is 0.0253. The Hall–Kier alpha value is -2.16. The monoisotopic (exact) mass is 567 g/mol. The summed E-state index contributed by atoms with van der Waals surface area (Å²) >= 11 is 1.52. The Bertz CT molecular complexity index is 1020. The summed E-state index contributed by atoms with van der Waals surface area (Å²) in [5, 5.41) is 11.1. The smallest absolute Gasteiger partial charge is 0.306 e. The number of thioether (sulfide) groups is 1. The molecule has 1 aliphatic carbocycles. The summed E-state index contributed by atoms with van der Waals surface area (Å²) in [7, 11) is 0. The molecule has 1 saturated heterocycles. The lowest BCUT2D eigenvalue weighted by Gasteiger charge is -2.38. The molecule has 4 atom stereocenters. The second-order valence-electron chi connectivity index (χ2n) is 10.7. The summed E-state index contributed by atoms with van der Waals surface area (Å²) in [5.74, 6) is 0.601. The largest absolute Gasteiger partial charge is 0.455 e. The standard InChI is InChI=1S/C33H45NO5S/c1-40-25-39-32(36)14-10-5-3-2-4-9-13-29-31(23-30(35)33(29)34-19-21-37-22-20-34)38-24-26-15-17-28(18-16-26)27-11-7-6-8-12-27/h2,4,6-8,11-12,15-18,29-31,33,35H,3,5,9-10,13-14,19-25H2,1H3/t29?,30-,31+,33-/m1/s1. The number of morpholine rings is 1. The van der Waals surface area contributed by atoms with Crippen molar-refractivity contribution in [3.05, 3.63) is 72.3 Å². The molecule has 2 aliphatic rings. The second kappa shape index (κ2) is 16.9. The molecule has 1 unspecified atom stereocenters. The SMILES string of the molecule is CSCOC(=O)CCCCC=CCCC1[C@@H](OCc2ccc(-c3ccccc3)cc2)C[C@@H](O)[C@@H]1N1CCOCC1. The minimum Gasteiger partial charge on any atom is -0.455 e.